The highest BCUT2D eigenvalue weighted by Crippen LogP contribution is 2.18. The summed E-state index contributed by atoms with van der Waals surface area (Å²) >= 11 is 0. The first-order valence-corrected chi connectivity index (χ1v) is 6.97. The summed E-state index contributed by atoms with van der Waals surface area (Å²) in [6, 6.07) is 16.3. The molecule has 0 heterocycles. The van der Waals surface area contributed by atoms with Gasteiger partial charge in [-0.2, -0.15) is 0 Å². The van der Waals surface area contributed by atoms with E-state index in [1.54, 1.807) is 12.2 Å². The lowest BCUT2D eigenvalue weighted by Crippen LogP contribution is -1.95. The van der Waals surface area contributed by atoms with Crippen molar-refractivity contribution in [3.8, 4) is 11.5 Å². The Morgan fingerprint density at radius 1 is 0.762 bits per heavy atom. The van der Waals surface area contributed by atoms with E-state index >= 15 is 0 Å². The van der Waals surface area contributed by atoms with Gasteiger partial charge in [-0.15, -0.1) is 0 Å². The van der Waals surface area contributed by atoms with E-state index in [2.05, 4.69) is 37.4 Å². The van der Waals surface area contributed by atoms with Gasteiger partial charge in [0.2, 0.25) is 0 Å². The van der Waals surface area contributed by atoms with Crippen molar-refractivity contribution in [2.45, 2.75) is 6.42 Å². The van der Waals surface area contributed by atoms with Crippen LogP contribution in [0.1, 0.15) is 11.1 Å². The van der Waals surface area contributed by atoms with E-state index in [0.29, 0.717) is 13.2 Å². The Morgan fingerprint density at radius 2 is 1.43 bits per heavy atom. The molecule has 0 spiro atoms. The van der Waals surface area contributed by atoms with E-state index in [1.165, 1.54) is 11.1 Å². The van der Waals surface area contributed by atoms with Gasteiger partial charge in [0.1, 0.15) is 24.7 Å². The van der Waals surface area contributed by atoms with Gasteiger partial charge in [0.25, 0.3) is 0 Å². The Balaban J connectivity index is 2.00. The largest absolute Gasteiger partial charge is 0.490 e. The highest BCUT2D eigenvalue weighted by molar-refractivity contribution is 5.35. The topological polar surface area (TPSA) is 18.5 Å². The molecule has 2 aromatic rings. The molecule has 0 aromatic heterocycles. The summed E-state index contributed by atoms with van der Waals surface area (Å²) in [5, 5.41) is 0. The fourth-order valence-electron chi connectivity index (χ4n) is 1.99. The Labute approximate surface area is 126 Å². The van der Waals surface area contributed by atoms with Crippen LogP contribution in [0.15, 0.2) is 73.8 Å². The summed E-state index contributed by atoms with van der Waals surface area (Å²) < 4.78 is 11.0. The predicted molar refractivity (Wildman–Crippen MR) is 87.1 cm³/mol. The van der Waals surface area contributed by atoms with Crippen molar-refractivity contribution in [2.75, 3.05) is 13.2 Å². The zero-order chi connectivity index (χ0) is 14.9. The van der Waals surface area contributed by atoms with Crippen molar-refractivity contribution in [1.82, 2.24) is 0 Å². The molecule has 0 amide bonds. The van der Waals surface area contributed by atoms with Crippen LogP contribution in [-0.4, -0.2) is 13.2 Å². The molecule has 0 aliphatic carbocycles. The zero-order valence-electron chi connectivity index (χ0n) is 12.1. The third kappa shape index (κ3) is 4.84. The van der Waals surface area contributed by atoms with Crippen molar-refractivity contribution in [3.63, 3.8) is 0 Å². The van der Waals surface area contributed by atoms with Gasteiger partial charge in [-0.1, -0.05) is 49.6 Å². The van der Waals surface area contributed by atoms with Gasteiger partial charge in [-0.05, 0) is 41.8 Å². The van der Waals surface area contributed by atoms with Gasteiger partial charge >= 0.3 is 0 Å². The third-order valence-electron chi connectivity index (χ3n) is 2.97. The maximum Gasteiger partial charge on any atom is 0.120 e. The first-order valence-electron chi connectivity index (χ1n) is 6.97. The van der Waals surface area contributed by atoms with Gasteiger partial charge in [0, 0.05) is 0 Å². The Hall–Kier alpha value is -2.48. The SMILES string of the molecule is C=CCOc1ccc(Cc2cccc(OCC=C)c2)cc1. The molecule has 0 fully saturated rings. The van der Waals surface area contributed by atoms with E-state index in [9.17, 15) is 0 Å². The summed E-state index contributed by atoms with van der Waals surface area (Å²) in [6.45, 7) is 8.34. The number of hydrogen-bond donors (Lipinski definition) is 0. The summed E-state index contributed by atoms with van der Waals surface area (Å²) in [7, 11) is 0. The molecule has 2 aromatic carbocycles. The average molecular weight is 280 g/mol. The summed E-state index contributed by atoms with van der Waals surface area (Å²) in [4.78, 5) is 0. The Kier molecular flexibility index (Phi) is 5.65. The van der Waals surface area contributed by atoms with Gasteiger partial charge in [-0.25, -0.2) is 0 Å². The monoisotopic (exact) mass is 280 g/mol. The molecule has 21 heavy (non-hydrogen) atoms. The van der Waals surface area contributed by atoms with Crippen LogP contribution < -0.4 is 9.47 Å². The summed E-state index contributed by atoms with van der Waals surface area (Å²) in [5.41, 5.74) is 2.46. The molecule has 2 heteroatoms. The molecule has 0 N–H and O–H groups in total. The van der Waals surface area contributed by atoms with Gasteiger partial charge in [-0.3, -0.25) is 0 Å². The molecule has 0 aliphatic rings. The standard InChI is InChI=1S/C19H20O2/c1-3-12-20-18-10-8-16(9-11-18)14-17-6-5-7-19(15-17)21-13-4-2/h3-11,15H,1-2,12-14H2. The second kappa shape index (κ2) is 7.95. The number of benzene rings is 2. The molecule has 0 atom stereocenters. The molecular formula is C19H20O2. The quantitative estimate of drug-likeness (QED) is 0.667. The minimum absolute atomic E-state index is 0.527. The van der Waals surface area contributed by atoms with Crippen LogP contribution in [0.25, 0.3) is 0 Å². The normalized spacial score (nSPS) is 9.90. The molecule has 0 saturated carbocycles. The lowest BCUT2D eigenvalue weighted by Gasteiger charge is -2.07. The number of ether oxygens (including phenoxy) is 2. The van der Waals surface area contributed by atoms with Crippen molar-refractivity contribution < 1.29 is 9.47 Å². The van der Waals surface area contributed by atoms with Crippen molar-refractivity contribution in [1.29, 1.82) is 0 Å². The Bertz CT molecular complexity index is 585. The van der Waals surface area contributed by atoms with E-state index < -0.39 is 0 Å². The van der Waals surface area contributed by atoms with Gasteiger partial charge < -0.3 is 9.47 Å². The minimum atomic E-state index is 0.527. The number of rotatable bonds is 8. The van der Waals surface area contributed by atoms with Crippen LogP contribution in [0.3, 0.4) is 0 Å². The second-order valence-electron chi connectivity index (χ2n) is 4.67. The van der Waals surface area contributed by atoms with Crippen LogP contribution in [-0.2, 0) is 6.42 Å². The average Bonchev–Trinajstić information content (AvgIpc) is 2.53. The molecule has 108 valence electrons. The third-order valence-corrected chi connectivity index (χ3v) is 2.97. The lowest BCUT2D eigenvalue weighted by molar-refractivity contribution is 0.362. The van der Waals surface area contributed by atoms with Crippen LogP contribution >= 0.6 is 0 Å². The van der Waals surface area contributed by atoms with Crippen LogP contribution in [0.2, 0.25) is 0 Å². The fraction of sp³-hybridized carbons (Fsp3) is 0.158. The predicted octanol–water partition coefficient (Wildman–Crippen LogP) is 4.41. The summed E-state index contributed by atoms with van der Waals surface area (Å²) in [5.74, 6) is 1.74. The minimum Gasteiger partial charge on any atom is -0.490 e. The lowest BCUT2D eigenvalue weighted by atomic mass is 10.0. The van der Waals surface area contributed by atoms with E-state index in [0.717, 1.165) is 17.9 Å². The second-order valence-corrected chi connectivity index (χ2v) is 4.67. The highest BCUT2D eigenvalue weighted by atomic mass is 16.5. The van der Waals surface area contributed by atoms with Crippen LogP contribution in [0, 0.1) is 0 Å². The van der Waals surface area contributed by atoms with E-state index in [-0.39, 0.29) is 0 Å². The summed E-state index contributed by atoms with van der Waals surface area (Å²) in [6.07, 6.45) is 4.35. The van der Waals surface area contributed by atoms with E-state index in [4.69, 9.17) is 9.47 Å². The van der Waals surface area contributed by atoms with Gasteiger partial charge in [0.05, 0.1) is 0 Å². The zero-order valence-corrected chi connectivity index (χ0v) is 12.1. The molecule has 0 radical (unpaired) electrons. The fourth-order valence-corrected chi connectivity index (χ4v) is 1.99. The molecule has 0 saturated heterocycles. The first-order chi connectivity index (χ1) is 10.3. The maximum absolute atomic E-state index is 5.55. The van der Waals surface area contributed by atoms with E-state index in [1.807, 2.05) is 24.3 Å². The molecule has 0 unspecified atom stereocenters. The highest BCUT2D eigenvalue weighted by Gasteiger charge is 2.00. The van der Waals surface area contributed by atoms with Crippen molar-refractivity contribution >= 4 is 0 Å². The van der Waals surface area contributed by atoms with Gasteiger partial charge in [0.15, 0.2) is 0 Å². The number of hydrogen-bond acceptors (Lipinski definition) is 2. The molecule has 2 nitrogen and oxygen atoms in total. The molecular weight excluding hydrogens is 260 g/mol. The van der Waals surface area contributed by atoms with Crippen molar-refractivity contribution in [3.05, 3.63) is 85.0 Å². The smallest absolute Gasteiger partial charge is 0.120 e. The van der Waals surface area contributed by atoms with Crippen molar-refractivity contribution in [2.24, 2.45) is 0 Å². The first kappa shape index (κ1) is 14.9. The molecule has 2 rings (SSSR count). The molecule has 0 bridgehead atoms. The van der Waals surface area contributed by atoms with Crippen LogP contribution in [0.5, 0.6) is 11.5 Å². The van der Waals surface area contributed by atoms with Crippen LogP contribution in [0.4, 0.5) is 0 Å². The molecule has 0 aliphatic heterocycles. The Morgan fingerprint density at radius 3 is 2.10 bits per heavy atom. The maximum atomic E-state index is 5.55.